The summed E-state index contributed by atoms with van der Waals surface area (Å²) in [6.45, 7) is 12.1. The molecule has 164 valence electrons. The number of nitrogens with two attached hydrogens (primary N) is 1. The number of Topliss-reactive ketones (excluding diaryl/α,β-unsaturated/α-hetero) is 1. The van der Waals surface area contributed by atoms with Crippen LogP contribution in [0.2, 0.25) is 5.02 Å². The van der Waals surface area contributed by atoms with E-state index < -0.39 is 0 Å². The topological polar surface area (TPSA) is 92.7 Å². The highest BCUT2D eigenvalue weighted by Crippen LogP contribution is 2.26. The van der Waals surface area contributed by atoms with Crippen LogP contribution in [0.3, 0.4) is 0 Å². The molecule has 3 rings (SSSR count). The van der Waals surface area contributed by atoms with Crippen LogP contribution in [0, 0.1) is 18.3 Å². The van der Waals surface area contributed by atoms with E-state index in [1.165, 1.54) is 0 Å². The second-order valence-electron chi connectivity index (χ2n) is 9.35. The molecular formula is C22H32ClN5O2. The Hall–Kier alpha value is -2.12. The summed E-state index contributed by atoms with van der Waals surface area (Å²) in [5.41, 5.74) is 7.37. The van der Waals surface area contributed by atoms with Gasteiger partial charge in [-0.05, 0) is 51.8 Å². The van der Waals surface area contributed by atoms with Gasteiger partial charge in [-0.3, -0.25) is 18.9 Å². The summed E-state index contributed by atoms with van der Waals surface area (Å²) < 4.78 is 1.65. The number of halogens is 1. The summed E-state index contributed by atoms with van der Waals surface area (Å²) in [7, 11) is 0. The lowest BCUT2D eigenvalue weighted by Gasteiger charge is -2.37. The van der Waals surface area contributed by atoms with Crippen molar-refractivity contribution in [3.8, 4) is 0 Å². The molecule has 2 aromatic rings. The number of nitrogens with one attached hydrogen (secondary N) is 1. The molecule has 1 unspecified atom stereocenters. The third-order valence-electron chi connectivity index (χ3n) is 5.95. The number of piperidine rings is 1. The maximum Gasteiger partial charge on any atom is 0.255 e. The number of aromatic nitrogens is 2. The van der Waals surface area contributed by atoms with Crippen molar-refractivity contribution < 1.29 is 9.59 Å². The number of aryl methyl sites for hydroxylation is 1. The monoisotopic (exact) mass is 433 g/mol. The molecule has 3 N–H and O–H groups in total. The number of carbonyl (C=O) groups excluding carboxylic acids is 2. The lowest BCUT2D eigenvalue weighted by molar-refractivity contribution is -0.131. The molecule has 1 aliphatic heterocycles. The molecule has 1 amide bonds. The molecule has 2 aromatic heterocycles. The van der Waals surface area contributed by atoms with Gasteiger partial charge in [0.2, 0.25) is 0 Å². The summed E-state index contributed by atoms with van der Waals surface area (Å²) in [5, 5.41) is 3.36. The highest BCUT2D eigenvalue weighted by Gasteiger charge is 2.32. The van der Waals surface area contributed by atoms with Crippen molar-refractivity contribution in [3.63, 3.8) is 0 Å². The maximum absolute atomic E-state index is 12.8. The van der Waals surface area contributed by atoms with E-state index in [9.17, 15) is 9.59 Å². The van der Waals surface area contributed by atoms with Crippen LogP contribution in [0.1, 0.15) is 56.6 Å². The summed E-state index contributed by atoms with van der Waals surface area (Å²) >= 11 is 6.21. The highest BCUT2D eigenvalue weighted by atomic mass is 35.5. The normalized spacial score (nSPS) is 17.3. The van der Waals surface area contributed by atoms with E-state index in [1.807, 2.05) is 34.6 Å². The zero-order chi connectivity index (χ0) is 22.2. The van der Waals surface area contributed by atoms with Crippen molar-refractivity contribution >= 4 is 34.8 Å². The van der Waals surface area contributed by atoms with E-state index in [-0.39, 0.29) is 23.1 Å². The number of nitrogen functional groups attached to an aromatic ring is 1. The van der Waals surface area contributed by atoms with E-state index in [0.717, 1.165) is 31.6 Å². The van der Waals surface area contributed by atoms with Gasteiger partial charge in [-0.1, -0.05) is 32.4 Å². The van der Waals surface area contributed by atoms with Crippen LogP contribution < -0.4 is 11.1 Å². The van der Waals surface area contributed by atoms with Crippen LogP contribution in [0.5, 0.6) is 0 Å². The van der Waals surface area contributed by atoms with Gasteiger partial charge in [0.25, 0.3) is 5.91 Å². The Morgan fingerprint density at radius 1 is 1.33 bits per heavy atom. The summed E-state index contributed by atoms with van der Waals surface area (Å²) in [4.78, 5) is 32.1. The average Bonchev–Trinajstić information content (AvgIpc) is 3.09. The molecule has 3 heterocycles. The molecule has 0 saturated carbocycles. The van der Waals surface area contributed by atoms with Crippen molar-refractivity contribution in [1.82, 2.24) is 19.6 Å². The molecule has 30 heavy (non-hydrogen) atoms. The molecule has 0 radical (unpaired) electrons. The number of ketones is 1. The van der Waals surface area contributed by atoms with E-state index in [4.69, 9.17) is 17.3 Å². The van der Waals surface area contributed by atoms with Crippen LogP contribution in [0.25, 0.3) is 5.65 Å². The minimum Gasteiger partial charge on any atom is -0.384 e. The van der Waals surface area contributed by atoms with Crippen LogP contribution >= 0.6 is 11.6 Å². The SMILES string of the molecule is Cc1cn2c(N)c(Cl)cc(C(=O)NCC3CCN(C(C)C(=O)C(C)(C)C)CC3)c2n1. The second kappa shape index (κ2) is 8.55. The lowest BCUT2D eigenvalue weighted by atomic mass is 9.85. The number of amides is 1. The first-order valence-corrected chi connectivity index (χ1v) is 10.9. The van der Waals surface area contributed by atoms with Gasteiger partial charge in [0, 0.05) is 18.2 Å². The van der Waals surface area contributed by atoms with E-state index >= 15 is 0 Å². The molecule has 1 atom stereocenters. The Balaban J connectivity index is 1.59. The molecule has 1 fully saturated rings. The van der Waals surface area contributed by atoms with Crippen LogP contribution in [-0.2, 0) is 4.79 Å². The molecular weight excluding hydrogens is 402 g/mol. The number of imidazole rings is 1. The molecule has 7 nitrogen and oxygen atoms in total. The summed E-state index contributed by atoms with van der Waals surface area (Å²) in [6.07, 6.45) is 3.66. The zero-order valence-electron chi connectivity index (χ0n) is 18.5. The van der Waals surface area contributed by atoms with Crippen LogP contribution in [0.4, 0.5) is 5.82 Å². The third kappa shape index (κ3) is 4.62. The first-order chi connectivity index (χ1) is 14.0. The van der Waals surface area contributed by atoms with Crippen molar-refractivity contribution in [2.45, 2.75) is 53.5 Å². The number of hydrogen-bond donors (Lipinski definition) is 2. The minimum atomic E-state index is -0.332. The van der Waals surface area contributed by atoms with Gasteiger partial charge in [0.05, 0.1) is 22.3 Å². The molecule has 0 aliphatic carbocycles. The number of anilines is 1. The lowest BCUT2D eigenvalue weighted by Crippen LogP contribution is -2.48. The van der Waals surface area contributed by atoms with Gasteiger partial charge in [0.1, 0.15) is 5.82 Å². The number of likely N-dealkylation sites (tertiary alicyclic amines) is 1. The first-order valence-electron chi connectivity index (χ1n) is 10.5. The Bertz CT molecular complexity index is 955. The van der Waals surface area contributed by atoms with Gasteiger partial charge in [-0.2, -0.15) is 0 Å². The largest absolute Gasteiger partial charge is 0.384 e. The Kier molecular flexibility index (Phi) is 6.43. The molecule has 1 aliphatic rings. The zero-order valence-corrected chi connectivity index (χ0v) is 19.2. The van der Waals surface area contributed by atoms with Crippen molar-refractivity contribution in [1.29, 1.82) is 0 Å². The average molecular weight is 434 g/mol. The number of fused-ring (bicyclic) bond motifs is 1. The van der Waals surface area contributed by atoms with E-state index in [1.54, 1.807) is 16.7 Å². The first kappa shape index (κ1) is 22.6. The van der Waals surface area contributed by atoms with Gasteiger partial charge >= 0.3 is 0 Å². The van der Waals surface area contributed by atoms with Crippen molar-refractivity contribution in [2.24, 2.45) is 11.3 Å². The summed E-state index contributed by atoms with van der Waals surface area (Å²) in [6, 6.07) is 1.51. The Morgan fingerprint density at radius 2 is 1.97 bits per heavy atom. The highest BCUT2D eigenvalue weighted by molar-refractivity contribution is 6.33. The predicted molar refractivity (Wildman–Crippen MR) is 120 cm³/mol. The van der Waals surface area contributed by atoms with Gasteiger partial charge in [-0.15, -0.1) is 0 Å². The van der Waals surface area contributed by atoms with Crippen LogP contribution in [-0.4, -0.2) is 51.7 Å². The predicted octanol–water partition coefficient (Wildman–Crippen LogP) is 3.32. The maximum atomic E-state index is 12.8. The van der Waals surface area contributed by atoms with Crippen LogP contribution in [0.15, 0.2) is 12.3 Å². The third-order valence-corrected chi connectivity index (χ3v) is 6.26. The molecule has 1 saturated heterocycles. The molecule has 0 bridgehead atoms. The van der Waals surface area contributed by atoms with Crippen molar-refractivity contribution in [2.75, 3.05) is 25.4 Å². The molecule has 0 spiro atoms. The molecule has 0 aromatic carbocycles. The number of hydrogen-bond acceptors (Lipinski definition) is 5. The number of rotatable bonds is 5. The van der Waals surface area contributed by atoms with E-state index in [0.29, 0.717) is 34.5 Å². The number of pyridine rings is 1. The van der Waals surface area contributed by atoms with Crippen molar-refractivity contribution in [3.05, 3.63) is 28.5 Å². The van der Waals surface area contributed by atoms with Gasteiger partial charge in [-0.25, -0.2) is 4.98 Å². The fourth-order valence-electron chi connectivity index (χ4n) is 4.09. The fourth-order valence-corrected chi connectivity index (χ4v) is 4.29. The summed E-state index contributed by atoms with van der Waals surface area (Å²) in [5.74, 6) is 0.818. The minimum absolute atomic E-state index is 0.0746. The standard InChI is InChI=1S/C22H32ClN5O2/c1-13-12-28-19(24)17(23)10-16(20(28)26-13)21(30)25-11-15-6-8-27(9-7-15)14(2)18(29)22(3,4)5/h10,12,14-15H,6-9,11,24H2,1-5H3,(H,25,30). The second-order valence-corrected chi connectivity index (χ2v) is 9.75. The quantitative estimate of drug-likeness (QED) is 0.754. The van der Waals surface area contributed by atoms with Gasteiger partial charge < -0.3 is 11.1 Å². The fraction of sp³-hybridized carbons (Fsp3) is 0.591. The Labute approximate surface area is 183 Å². The van der Waals surface area contributed by atoms with Gasteiger partial charge in [0.15, 0.2) is 11.4 Å². The smallest absolute Gasteiger partial charge is 0.255 e. The number of nitrogens with zero attached hydrogens (tertiary/aromatic N) is 3. The van der Waals surface area contributed by atoms with E-state index in [2.05, 4.69) is 15.2 Å². The molecule has 8 heteroatoms. The number of carbonyl (C=O) groups is 2. The Morgan fingerprint density at radius 3 is 2.57 bits per heavy atom.